The van der Waals surface area contributed by atoms with E-state index in [1.54, 1.807) is 17.5 Å². The van der Waals surface area contributed by atoms with Gasteiger partial charge in [0, 0.05) is 24.2 Å². The molecule has 5 heteroatoms. The van der Waals surface area contributed by atoms with Gasteiger partial charge in [0.2, 0.25) is 0 Å². The second kappa shape index (κ2) is 8.01. The monoisotopic (exact) mass is 278 g/mol. The van der Waals surface area contributed by atoms with E-state index >= 15 is 0 Å². The fourth-order valence-electron chi connectivity index (χ4n) is 1.62. The second-order valence-electron chi connectivity index (χ2n) is 4.20. The fourth-order valence-corrected chi connectivity index (χ4v) is 2.26. The van der Waals surface area contributed by atoms with Crippen LogP contribution in [0.25, 0.3) is 0 Å². The van der Waals surface area contributed by atoms with E-state index in [1.807, 2.05) is 35.7 Å². The van der Waals surface area contributed by atoms with Crippen molar-refractivity contribution in [2.75, 3.05) is 13.2 Å². The maximum absolute atomic E-state index is 9.75. The summed E-state index contributed by atoms with van der Waals surface area (Å²) < 4.78 is 5.45. The normalized spacial score (nSPS) is 12.5. The molecule has 0 aromatic carbocycles. The minimum Gasteiger partial charge on any atom is -0.389 e. The van der Waals surface area contributed by atoms with Gasteiger partial charge in [-0.2, -0.15) is 0 Å². The fraction of sp³-hybridized carbons (Fsp3) is 0.357. The van der Waals surface area contributed by atoms with Crippen molar-refractivity contribution in [3.8, 4) is 0 Å². The number of thiophene rings is 1. The molecule has 0 fully saturated rings. The Kier molecular flexibility index (Phi) is 5.97. The predicted octanol–water partition coefficient (Wildman–Crippen LogP) is 1.81. The Morgan fingerprint density at radius 3 is 3.00 bits per heavy atom. The van der Waals surface area contributed by atoms with Crippen LogP contribution in [0.4, 0.5) is 0 Å². The molecule has 19 heavy (non-hydrogen) atoms. The molecule has 0 saturated carbocycles. The third-order valence-electron chi connectivity index (χ3n) is 2.55. The molecular weight excluding hydrogens is 260 g/mol. The highest BCUT2D eigenvalue weighted by Crippen LogP contribution is 2.09. The molecule has 0 aliphatic heterocycles. The van der Waals surface area contributed by atoms with Gasteiger partial charge >= 0.3 is 0 Å². The van der Waals surface area contributed by atoms with E-state index < -0.39 is 6.10 Å². The van der Waals surface area contributed by atoms with Gasteiger partial charge in [-0.1, -0.05) is 12.1 Å². The first-order valence-corrected chi connectivity index (χ1v) is 7.11. The molecule has 2 rings (SSSR count). The van der Waals surface area contributed by atoms with Crippen molar-refractivity contribution in [1.82, 2.24) is 10.3 Å². The first-order valence-electron chi connectivity index (χ1n) is 6.23. The average molecular weight is 278 g/mol. The minimum absolute atomic E-state index is 0.340. The maximum Gasteiger partial charge on any atom is 0.0897 e. The lowest BCUT2D eigenvalue weighted by atomic mass is 10.3. The van der Waals surface area contributed by atoms with Crippen LogP contribution >= 0.6 is 11.3 Å². The summed E-state index contributed by atoms with van der Waals surface area (Å²) >= 11 is 1.66. The number of ether oxygens (including phenoxy) is 1. The Morgan fingerprint density at radius 1 is 1.32 bits per heavy atom. The van der Waals surface area contributed by atoms with Gasteiger partial charge in [-0.3, -0.25) is 4.98 Å². The Labute approximate surface area is 117 Å². The van der Waals surface area contributed by atoms with E-state index in [9.17, 15) is 5.11 Å². The van der Waals surface area contributed by atoms with Gasteiger partial charge in [0.15, 0.2) is 0 Å². The molecule has 0 saturated heterocycles. The van der Waals surface area contributed by atoms with Crippen LogP contribution in [0.3, 0.4) is 0 Å². The molecule has 2 N–H and O–H groups in total. The number of aliphatic hydroxyl groups excluding tert-OH is 1. The molecule has 0 radical (unpaired) electrons. The van der Waals surface area contributed by atoms with Crippen LogP contribution in [0.1, 0.15) is 10.6 Å². The summed E-state index contributed by atoms with van der Waals surface area (Å²) in [6.45, 7) is 2.06. The zero-order valence-electron chi connectivity index (χ0n) is 10.7. The Balaban J connectivity index is 1.56. The number of nitrogens with one attached hydrogen (secondary N) is 1. The molecule has 0 spiro atoms. The van der Waals surface area contributed by atoms with Crippen LogP contribution in [0.15, 0.2) is 41.9 Å². The third-order valence-corrected chi connectivity index (χ3v) is 3.40. The molecule has 0 bridgehead atoms. The highest BCUT2D eigenvalue weighted by atomic mass is 32.1. The number of hydrogen-bond acceptors (Lipinski definition) is 5. The van der Waals surface area contributed by atoms with Crippen molar-refractivity contribution in [2.45, 2.75) is 19.3 Å². The van der Waals surface area contributed by atoms with Gasteiger partial charge in [0.25, 0.3) is 0 Å². The molecule has 0 aliphatic rings. The topological polar surface area (TPSA) is 54.4 Å². The minimum atomic E-state index is -0.497. The maximum atomic E-state index is 9.75. The van der Waals surface area contributed by atoms with Crippen LogP contribution in [-0.2, 0) is 17.9 Å². The number of pyridine rings is 1. The van der Waals surface area contributed by atoms with Crippen LogP contribution in [0.5, 0.6) is 0 Å². The number of aromatic nitrogens is 1. The molecule has 1 atom stereocenters. The lowest BCUT2D eigenvalue weighted by molar-refractivity contribution is 0.0297. The van der Waals surface area contributed by atoms with E-state index in [0.29, 0.717) is 26.3 Å². The average Bonchev–Trinajstić information content (AvgIpc) is 2.93. The number of aliphatic hydroxyl groups is 1. The van der Waals surface area contributed by atoms with Crippen LogP contribution in [-0.4, -0.2) is 29.3 Å². The lowest BCUT2D eigenvalue weighted by Gasteiger charge is -2.11. The summed E-state index contributed by atoms with van der Waals surface area (Å²) in [6.07, 6.45) is 1.26. The van der Waals surface area contributed by atoms with Crippen molar-refractivity contribution in [2.24, 2.45) is 0 Å². The number of rotatable bonds is 8. The van der Waals surface area contributed by atoms with Crippen molar-refractivity contribution in [3.05, 3.63) is 52.5 Å². The van der Waals surface area contributed by atoms with Crippen molar-refractivity contribution in [3.63, 3.8) is 0 Å². The number of hydrogen-bond donors (Lipinski definition) is 2. The predicted molar refractivity (Wildman–Crippen MR) is 75.9 cm³/mol. The molecule has 2 heterocycles. The van der Waals surface area contributed by atoms with Gasteiger partial charge in [-0.05, 0) is 23.6 Å². The van der Waals surface area contributed by atoms with Crippen molar-refractivity contribution < 1.29 is 9.84 Å². The third kappa shape index (κ3) is 5.48. The molecule has 0 aliphatic carbocycles. The number of nitrogens with zero attached hydrogens (tertiary/aromatic N) is 1. The van der Waals surface area contributed by atoms with E-state index in [2.05, 4.69) is 10.3 Å². The SMILES string of the molecule is OC(CNCc1ccccn1)COCc1cccs1. The van der Waals surface area contributed by atoms with Gasteiger partial charge in [-0.15, -0.1) is 11.3 Å². The molecule has 4 nitrogen and oxygen atoms in total. The van der Waals surface area contributed by atoms with E-state index in [0.717, 1.165) is 5.69 Å². The zero-order valence-corrected chi connectivity index (χ0v) is 11.5. The summed E-state index contributed by atoms with van der Waals surface area (Å²) in [4.78, 5) is 5.37. The summed E-state index contributed by atoms with van der Waals surface area (Å²) in [5.41, 5.74) is 0.967. The zero-order chi connectivity index (χ0) is 13.3. The quantitative estimate of drug-likeness (QED) is 0.773. The molecule has 2 aromatic heterocycles. The Hall–Kier alpha value is -1.27. The first kappa shape index (κ1) is 14.1. The summed E-state index contributed by atoms with van der Waals surface area (Å²) in [5, 5.41) is 14.9. The van der Waals surface area contributed by atoms with Gasteiger partial charge in [-0.25, -0.2) is 0 Å². The van der Waals surface area contributed by atoms with Gasteiger partial charge in [0.05, 0.1) is 25.0 Å². The van der Waals surface area contributed by atoms with Crippen molar-refractivity contribution >= 4 is 11.3 Å². The summed E-state index contributed by atoms with van der Waals surface area (Å²) in [5.74, 6) is 0. The summed E-state index contributed by atoms with van der Waals surface area (Å²) in [6, 6.07) is 9.80. The first-order chi connectivity index (χ1) is 9.34. The van der Waals surface area contributed by atoms with Gasteiger partial charge in [0.1, 0.15) is 0 Å². The van der Waals surface area contributed by atoms with Crippen molar-refractivity contribution in [1.29, 1.82) is 0 Å². The molecule has 1 unspecified atom stereocenters. The second-order valence-corrected chi connectivity index (χ2v) is 5.23. The van der Waals surface area contributed by atoms with Gasteiger partial charge < -0.3 is 15.2 Å². The highest BCUT2D eigenvalue weighted by molar-refractivity contribution is 7.09. The molecule has 2 aromatic rings. The Morgan fingerprint density at radius 2 is 2.26 bits per heavy atom. The Bertz CT molecular complexity index is 448. The molecular formula is C14H18N2O2S. The van der Waals surface area contributed by atoms with Crippen LogP contribution < -0.4 is 5.32 Å². The molecule has 102 valence electrons. The van der Waals surface area contributed by atoms with Crippen LogP contribution in [0, 0.1) is 0 Å². The molecule has 0 amide bonds. The smallest absolute Gasteiger partial charge is 0.0897 e. The van der Waals surface area contributed by atoms with E-state index in [4.69, 9.17) is 4.74 Å². The van der Waals surface area contributed by atoms with E-state index in [1.165, 1.54) is 4.88 Å². The summed E-state index contributed by atoms with van der Waals surface area (Å²) in [7, 11) is 0. The largest absolute Gasteiger partial charge is 0.389 e. The standard InChI is InChI=1S/C14H18N2O2S/c17-13(10-18-11-14-5-3-7-19-14)9-15-8-12-4-1-2-6-16-12/h1-7,13,15,17H,8-11H2. The van der Waals surface area contributed by atoms with Crippen LogP contribution in [0.2, 0.25) is 0 Å². The highest BCUT2D eigenvalue weighted by Gasteiger charge is 2.04. The van der Waals surface area contributed by atoms with E-state index in [-0.39, 0.29) is 0 Å². The lowest BCUT2D eigenvalue weighted by Crippen LogP contribution is -2.30.